The largest absolute Gasteiger partial charge is 0.301 e. The average molecular weight is 353 g/mol. The Bertz CT molecular complexity index is 685. The van der Waals surface area contributed by atoms with Crippen molar-refractivity contribution in [2.24, 2.45) is 0 Å². The van der Waals surface area contributed by atoms with E-state index in [0.29, 0.717) is 10.7 Å². The van der Waals surface area contributed by atoms with Gasteiger partial charge in [0.1, 0.15) is 0 Å². The second-order valence-corrected chi connectivity index (χ2v) is 6.14. The van der Waals surface area contributed by atoms with Crippen LogP contribution in [0.15, 0.2) is 43.6 Å². The lowest BCUT2D eigenvalue weighted by Crippen LogP contribution is -2.09. The molecule has 1 N–H and O–H groups in total. The predicted octanol–water partition coefficient (Wildman–Crippen LogP) is 3.45. The van der Waals surface area contributed by atoms with Crippen molar-refractivity contribution in [3.8, 4) is 0 Å². The van der Waals surface area contributed by atoms with Crippen LogP contribution in [0.3, 0.4) is 0 Å². The van der Waals surface area contributed by atoms with Crippen molar-refractivity contribution < 1.29 is 4.79 Å². The molecule has 0 radical (unpaired) electrons. The molecule has 0 atom stereocenters. The number of hydrogen-bond donors (Lipinski definition) is 1. The number of carbonyl (C=O) groups excluding carboxylic acids is 1. The van der Waals surface area contributed by atoms with Gasteiger partial charge in [-0.05, 0) is 24.6 Å². The Hall–Kier alpha value is -1.40. The number of halogens is 1. The molecular weight excluding hydrogens is 340 g/mol. The first-order valence-electron chi connectivity index (χ1n) is 6.15. The van der Waals surface area contributed by atoms with Crippen LogP contribution in [-0.4, -0.2) is 16.3 Å². The summed E-state index contributed by atoms with van der Waals surface area (Å²) in [4.78, 5) is 30.5. The molecule has 2 aromatic rings. The highest BCUT2D eigenvalue weighted by atomic mass is 79.9. The summed E-state index contributed by atoms with van der Waals surface area (Å²) in [6.45, 7) is 2.04. The van der Waals surface area contributed by atoms with Crippen molar-refractivity contribution in [3.05, 3.63) is 50.3 Å². The van der Waals surface area contributed by atoms with Gasteiger partial charge in [-0.2, -0.15) is 0 Å². The molecule has 1 heterocycles. The maximum atomic E-state index is 11.6. The fraction of sp³-hybridized carbons (Fsp3) is 0.214. The Morgan fingerprint density at radius 1 is 1.40 bits per heavy atom. The Balaban J connectivity index is 2.34. The van der Waals surface area contributed by atoms with E-state index in [1.165, 1.54) is 17.8 Å². The van der Waals surface area contributed by atoms with E-state index < -0.39 is 0 Å². The number of aromatic amines is 1. The molecule has 0 unspecified atom stereocenters. The van der Waals surface area contributed by atoms with Crippen molar-refractivity contribution in [2.75, 3.05) is 0 Å². The van der Waals surface area contributed by atoms with Gasteiger partial charge in [0.25, 0.3) is 5.56 Å². The van der Waals surface area contributed by atoms with Crippen LogP contribution in [0, 0.1) is 0 Å². The van der Waals surface area contributed by atoms with Crippen molar-refractivity contribution in [1.82, 2.24) is 9.97 Å². The minimum atomic E-state index is -0.171. The van der Waals surface area contributed by atoms with Crippen molar-refractivity contribution in [2.45, 2.75) is 29.8 Å². The maximum absolute atomic E-state index is 11.6. The van der Waals surface area contributed by atoms with E-state index in [1.807, 2.05) is 19.1 Å². The van der Waals surface area contributed by atoms with Gasteiger partial charge in [0, 0.05) is 26.7 Å². The topological polar surface area (TPSA) is 62.8 Å². The van der Waals surface area contributed by atoms with E-state index in [4.69, 9.17) is 0 Å². The standard InChI is InChI=1S/C14H13BrN2O2S/c1-2-3-11-7-13(19)17-14(16-11)20-12-5-4-10(15)6-9(12)8-18/h4-8H,2-3H2,1H3,(H,16,17,19). The van der Waals surface area contributed by atoms with Crippen LogP contribution in [0.5, 0.6) is 0 Å². The summed E-state index contributed by atoms with van der Waals surface area (Å²) in [7, 11) is 0. The Morgan fingerprint density at radius 3 is 2.90 bits per heavy atom. The Kier molecular flexibility index (Phi) is 5.14. The molecule has 4 nitrogen and oxygen atoms in total. The molecule has 0 aliphatic heterocycles. The summed E-state index contributed by atoms with van der Waals surface area (Å²) in [6, 6.07) is 6.92. The summed E-state index contributed by atoms with van der Waals surface area (Å²) in [5.41, 5.74) is 1.16. The molecule has 2 rings (SSSR count). The molecule has 0 bridgehead atoms. The van der Waals surface area contributed by atoms with E-state index in [1.54, 1.807) is 6.07 Å². The molecule has 0 saturated carbocycles. The maximum Gasteiger partial charge on any atom is 0.251 e. The third-order valence-corrected chi connectivity index (χ3v) is 4.06. The molecule has 0 aliphatic rings. The fourth-order valence-corrected chi connectivity index (χ4v) is 2.99. The number of benzene rings is 1. The van der Waals surface area contributed by atoms with Crippen molar-refractivity contribution in [3.63, 3.8) is 0 Å². The van der Waals surface area contributed by atoms with Gasteiger partial charge in [-0.3, -0.25) is 9.59 Å². The van der Waals surface area contributed by atoms with Crippen LogP contribution in [0.2, 0.25) is 0 Å². The zero-order chi connectivity index (χ0) is 14.5. The van der Waals surface area contributed by atoms with Gasteiger partial charge in [-0.15, -0.1) is 0 Å². The van der Waals surface area contributed by atoms with Gasteiger partial charge in [-0.25, -0.2) is 4.98 Å². The third-order valence-electron chi connectivity index (χ3n) is 2.58. The summed E-state index contributed by atoms with van der Waals surface area (Å²) < 4.78 is 0.838. The van der Waals surface area contributed by atoms with Crippen LogP contribution >= 0.6 is 27.7 Å². The lowest BCUT2D eigenvalue weighted by Gasteiger charge is -2.06. The van der Waals surface area contributed by atoms with E-state index in [2.05, 4.69) is 25.9 Å². The Morgan fingerprint density at radius 2 is 2.20 bits per heavy atom. The number of hydrogen-bond acceptors (Lipinski definition) is 4. The first-order valence-corrected chi connectivity index (χ1v) is 7.76. The number of nitrogens with zero attached hydrogens (tertiary/aromatic N) is 1. The van der Waals surface area contributed by atoms with Gasteiger partial charge in [0.15, 0.2) is 11.4 Å². The van der Waals surface area contributed by atoms with E-state index >= 15 is 0 Å². The second kappa shape index (κ2) is 6.85. The van der Waals surface area contributed by atoms with Crippen LogP contribution < -0.4 is 5.56 Å². The van der Waals surface area contributed by atoms with Crippen LogP contribution in [0.1, 0.15) is 29.4 Å². The summed E-state index contributed by atoms with van der Waals surface area (Å²) >= 11 is 4.61. The molecule has 1 aromatic carbocycles. The van der Waals surface area contributed by atoms with E-state index in [0.717, 1.165) is 34.2 Å². The molecule has 0 saturated heterocycles. The van der Waals surface area contributed by atoms with Crippen LogP contribution in [0.25, 0.3) is 0 Å². The van der Waals surface area contributed by atoms with Crippen molar-refractivity contribution >= 4 is 34.0 Å². The highest BCUT2D eigenvalue weighted by Gasteiger charge is 2.08. The number of rotatable bonds is 5. The van der Waals surface area contributed by atoms with Crippen LogP contribution in [0.4, 0.5) is 0 Å². The van der Waals surface area contributed by atoms with Gasteiger partial charge in [0.05, 0.1) is 0 Å². The zero-order valence-electron chi connectivity index (χ0n) is 10.9. The summed E-state index contributed by atoms with van der Waals surface area (Å²) in [5, 5.41) is 0.506. The second-order valence-electron chi connectivity index (χ2n) is 4.19. The molecule has 20 heavy (non-hydrogen) atoms. The van der Waals surface area contributed by atoms with Gasteiger partial charge in [-0.1, -0.05) is 41.0 Å². The number of nitrogens with one attached hydrogen (secondary N) is 1. The smallest absolute Gasteiger partial charge is 0.251 e. The number of aryl methyl sites for hydroxylation is 1. The molecule has 0 spiro atoms. The molecule has 0 fully saturated rings. The summed E-state index contributed by atoms with van der Waals surface area (Å²) in [5.74, 6) is 0. The molecule has 104 valence electrons. The van der Waals surface area contributed by atoms with Crippen molar-refractivity contribution in [1.29, 1.82) is 0 Å². The number of carbonyl (C=O) groups is 1. The van der Waals surface area contributed by atoms with Crippen LogP contribution in [-0.2, 0) is 6.42 Å². The lowest BCUT2D eigenvalue weighted by atomic mass is 10.2. The molecule has 6 heteroatoms. The fourth-order valence-electron chi connectivity index (χ4n) is 1.72. The molecule has 1 aromatic heterocycles. The highest BCUT2D eigenvalue weighted by molar-refractivity contribution is 9.10. The predicted molar refractivity (Wildman–Crippen MR) is 82.5 cm³/mol. The Labute approximate surface area is 129 Å². The molecular formula is C14H13BrN2O2S. The minimum Gasteiger partial charge on any atom is -0.301 e. The monoisotopic (exact) mass is 352 g/mol. The third kappa shape index (κ3) is 3.80. The molecule has 0 aliphatic carbocycles. The lowest BCUT2D eigenvalue weighted by molar-refractivity contribution is 0.112. The average Bonchev–Trinajstić information content (AvgIpc) is 2.40. The SMILES string of the molecule is CCCc1cc(=O)[nH]c(Sc2ccc(Br)cc2C=O)n1. The first kappa shape index (κ1) is 15.0. The zero-order valence-corrected chi connectivity index (χ0v) is 13.3. The molecule has 0 amide bonds. The van der Waals surface area contributed by atoms with Gasteiger partial charge in [0.2, 0.25) is 0 Å². The minimum absolute atomic E-state index is 0.171. The van der Waals surface area contributed by atoms with Gasteiger partial charge >= 0.3 is 0 Å². The normalized spacial score (nSPS) is 10.5. The summed E-state index contributed by atoms with van der Waals surface area (Å²) in [6.07, 6.45) is 2.48. The number of aromatic nitrogens is 2. The first-order chi connectivity index (χ1) is 9.62. The number of aldehydes is 1. The van der Waals surface area contributed by atoms with E-state index in [-0.39, 0.29) is 5.56 Å². The van der Waals surface area contributed by atoms with Gasteiger partial charge < -0.3 is 4.98 Å². The van der Waals surface area contributed by atoms with E-state index in [9.17, 15) is 9.59 Å². The quantitative estimate of drug-likeness (QED) is 0.661. The highest BCUT2D eigenvalue weighted by Crippen LogP contribution is 2.28. The number of H-pyrrole nitrogens is 1.